The van der Waals surface area contributed by atoms with Crippen molar-refractivity contribution in [1.82, 2.24) is 14.6 Å². The number of ether oxygens (including phenoxy) is 1. The largest absolute Gasteiger partial charge is 0.464 e. The minimum Gasteiger partial charge on any atom is -0.464 e. The Balaban J connectivity index is 2.98. The van der Waals surface area contributed by atoms with Gasteiger partial charge in [0.25, 0.3) is 10.0 Å². The molecule has 0 bridgehead atoms. The number of amides is 1. The van der Waals surface area contributed by atoms with Gasteiger partial charge < -0.3 is 10.1 Å². The van der Waals surface area contributed by atoms with Gasteiger partial charge in [0.2, 0.25) is 5.91 Å². The number of esters is 1. The first-order chi connectivity index (χ1) is 9.70. The second-order valence-electron chi connectivity index (χ2n) is 4.46. The van der Waals surface area contributed by atoms with Crippen LogP contribution < -0.4 is 5.32 Å². The van der Waals surface area contributed by atoms with E-state index in [0.29, 0.717) is 0 Å². The lowest BCUT2D eigenvalue weighted by molar-refractivity contribution is -0.121. The third-order valence-electron chi connectivity index (χ3n) is 2.37. The third kappa shape index (κ3) is 4.22. The van der Waals surface area contributed by atoms with Crippen LogP contribution in [0.15, 0.2) is 9.72 Å². The highest BCUT2D eigenvalue weighted by Crippen LogP contribution is 2.23. The summed E-state index contributed by atoms with van der Waals surface area (Å²) in [5.41, 5.74) is 0.958. The molecule has 0 aromatic carbocycles. The summed E-state index contributed by atoms with van der Waals surface area (Å²) in [5, 5.41) is 2.59. The second-order valence-corrected chi connectivity index (χ2v) is 7.56. The molecule has 0 aliphatic carbocycles. The van der Waals surface area contributed by atoms with Gasteiger partial charge in [-0.1, -0.05) is 0 Å². The number of hydrogen-bond donors (Lipinski definition) is 1. The number of carbonyl (C=O) groups is 2. The second kappa shape index (κ2) is 6.96. The lowest BCUT2D eigenvalue weighted by Gasteiger charge is -2.17. The molecule has 0 spiro atoms. The van der Waals surface area contributed by atoms with Gasteiger partial charge in [0, 0.05) is 13.1 Å². The predicted molar refractivity (Wildman–Crippen MR) is 76.5 cm³/mol. The predicted octanol–water partition coefficient (Wildman–Crippen LogP) is 0.0748. The van der Waals surface area contributed by atoms with Crippen LogP contribution in [0.1, 0.15) is 24.3 Å². The van der Waals surface area contributed by atoms with E-state index in [9.17, 15) is 18.0 Å². The van der Waals surface area contributed by atoms with Gasteiger partial charge in [-0.05, 0) is 13.8 Å². The van der Waals surface area contributed by atoms with Crippen LogP contribution in [-0.2, 0) is 19.6 Å². The molecule has 1 aromatic rings. The molecule has 8 nitrogen and oxygen atoms in total. The van der Waals surface area contributed by atoms with Crippen molar-refractivity contribution in [2.24, 2.45) is 0 Å². The van der Waals surface area contributed by atoms with Crippen LogP contribution in [0.3, 0.4) is 0 Å². The van der Waals surface area contributed by atoms with E-state index in [-0.39, 0.29) is 22.5 Å². The van der Waals surface area contributed by atoms with Crippen molar-refractivity contribution in [3.63, 3.8) is 0 Å². The quantitative estimate of drug-likeness (QED) is 0.738. The SMILES string of the molecule is COC(=O)c1ncsc1S(=O)(=O)N(C)CC(=O)NC(C)C. The van der Waals surface area contributed by atoms with Crippen LogP contribution >= 0.6 is 11.3 Å². The van der Waals surface area contributed by atoms with Crippen molar-refractivity contribution in [3.8, 4) is 0 Å². The van der Waals surface area contributed by atoms with Crippen molar-refractivity contribution < 1.29 is 22.7 Å². The molecule has 0 fully saturated rings. The molecule has 118 valence electrons. The van der Waals surface area contributed by atoms with Crippen molar-refractivity contribution in [1.29, 1.82) is 0 Å². The van der Waals surface area contributed by atoms with Crippen molar-refractivity contribution in [2.75, 3.05) is 20.7 Å². The molecule has 1 aromatic heterocycles. The van der Waals surface area contributed by atoms with Gasteiger partial charge in [0.15, 0.2) is 9.90 Å². The average Bonchev–Trinajstić information content (AvgIpc) is 2.86. The molecule has 0 saturated heterocycles. The minimum absolute atomic E-state index is 0.0948. The summed E-state index contributed by atoms with van der Waals surface area (Å²) in [7, 11) is -1.59. The Hall–Kier alpha value is -1.52. The lowest BCUT2D eigenvalue weighted by Crippen LogP contribution is -2.40. The normalized spacial score (nSPS) is 11.7. The number of nitrogens with zero attached hydrogens (tertiary/aromatic N) is 2. The van der Waals surface area contributed by atoms with Crippen LogP contribution in [0.4, 0.5) is 0 Å². The summed E-state index contributed by atoms with van der Waals surface area (Å²) in [6.45, 7) is 3.19. The summed E-state index contributed by atoms with van der Waals surface area (Å²) < 4.78 is 29.8. The van der Waals surface area contributed by atoms with Crippen molar-refractivity contribution in [2.45, 2.75) is 24.1 Å². The fourth-order valence-corrected chi connectivity index (χ4v) is 3.90. The molecule has 1 rings (SSSR count). The van der Waals surface area contributed by atoms with E-state index in [1.165, 1.54) is 12.6 Å². The van der Waals surface area contributed by atoms with Gasteiger partial charge in [-0.3, -0.25) is 4.79 Å². The molecule has 0 saturated carbocycles. The molecule has 0 radical (unpaired) electrons. The Kier molecular flexibility index (Phi) is 5.81. The standard InChI is InChI=1S/C11H17N3O5S2/c1-7(2)13-8(15)5-14(3)21(17,18)11-9(10(16)19-4)12-6-20-11/h6-7H,5H2,1-4H3,(H,13,15). The van der Waals surface area contributed by atoms with Gasteiger partial charge in [-0.15, -0.1) is 11.3 Å². The average molecular weight is 335 g/mol. The van der Waals surface area contributed by atoms with Crippen molar-refractivity contribution >= 4 is 33.2 Å². The molecule has 1 N–H and O–H groups in total. The summed E-state index contributed by atoms with van der Waals surface area (Å²) in [6.07, 6.45) is 0. The van der Waals surface area contributed by atoms with Gasteiger partial charge in [0.1, 0.15) is 0 Å². The number of nitrogens with one attached hydrogen (secondary N) is 1. The van der Waals surface area contributed by atoms with Gasteiger partial charge in [-0.2, -0.15) is 4.31 Å². The summed E-state index contributed by atoms with van der Waals surface area (Å²) in [4.78, 5) is 26.8. The number of sulfonamides is 1. The number of rotatable bonds is 6. The Morgan fingerprint density at radius 2 is 2.10 bits per heavy atom. The van der Waals surface area contributed by atoms with Crippen LogP contribution in [0.25, 0.3) is 0 Å². The summed E-state index contributed by atoms with van der Waals surface area (Å²) in [6, 6.07) is -0.0948. The van der Waals surface area contributed by atoms with Gasteiger partial charge in [-0.25, -0.2) is 18.2 Å². The molecule has 10 heteroatoms. The zero-order valence-electron chi connectivity index (χ0n) is 12.1. The smallest absolute Gasteiger partial charge is 0.358 e. The lowest BCUT2D eigenvalue weighted by atomic mass is 10.4. The highest BCUT2D eigenvalue weighted by Gasteiger charge is 2.31. The summed E-state index contributed by atoms with van der Waals surface area (Å²) >= 11 is 0.796. The molecule has 1 heterocycles. The number of likely N-dealkylation sites (N-methyl/N-ethyl adjacent to an activating group) is 1. The maximum absolute atomic E-state index is 12.4. The number of aromatic nitrogens is 1. The Labute approximate surface area is 127 Å². The molecular formula is C11H17N3O5S2. The molecule has 0 aliphatic rings. The van der Waals surface area contributed by atoms with Crippen LogP contribution in [0.5, 0.6) is 0 Å². The Bertz CT molecular complexity index is 624. The number of methoxy groups -OCH3 is 1. The van der Waals surface area contributed by atoms with E-state index in [1.54, 1.807) is 13.8 Å². The van der Waals surface area contributed by atoms with Crippen LogP contribution in [0.2, 0.25) is 0 Å². The van der Waals surface area contributed by atoms with E-state index < -0.39 is 21.9 Å². The monoisotopic (exact) mass is 335 g/mol. The fraction of sp³-hybridized carbons (Fsp3) is 0.545. The zero-order valence-corrected chi connectivity index (χ0v) is 13.7. The van der Waals surface area contributed by atoms with E-state index in [4.69, 9.17) is 0 Å². The fourth-order valence-electron chi connectivity index (χ4n) is 1.45. The summed E-state index contributed by atoms with van der Waals surface area (Å²) in [5.74, 6) is -1.27. The van der Waals surface area contributed by atoms with Gasteiger partial charge in [0.05, 0.1) is 19.2 Å². The first-order valence-corrected chi connectivity index (χ1v) is 8.29. The topological polar surface area (TPSA) is 106 Å². The molecule has 1 amide bonds. The number of carbonyl (C=O) groups excluding carboxylic acids is 2. The molecule has 0 unspecified atom stereocenters. The Morgan fingerprint density at radius 1 is 1.48 bits per heavy atom. The van der Waals surface area contributed by atoms with Crippen LogP contribution in [-0.4, -0.2) is 56.3 Å². The van der Waals surface area contributed by atoms with E-state index in [2.05, 4.69) is 15.0 Å². The molecule has 21 heavy (non-hydrogen) atoms. The highest BCUT2D eigenvalue weighted by atomic mass is 32.2. The zero-order chi connectivity index (χ0) is 16.2. The molecule has 0 aliphatic heterocycles. The first kappa shape index (κ1) is 17.5. The van der Waals surface area contributed by atoms with Crippen LogP contribution in [0, 0.1) is 0 Å². The number of thiazole rings is 1. The highest BCUT2D eigenvalue weighted by molar-refractivity contribution is 7.91. The van der Waals surface area contributed by atoms with E-state index in [0.717, 1.165) is 22.8 Å². The van der Waals surface area contributed by atoms with E-state index in [1.807, 2.05) is 0 Å². The maximum atomic E-state index is 12.4. The Morgan fingerprint density at radius 3 is 2.62 bits per heavy atom. The number of hydrogen-bond acceptors (Lipinski definition) is 7. The minimum atomic E-state index is -3.98. The first-order valence-electron chi connectivity index (χ1n) is 5.97. The molecule has 0 atom stereocenters. The maximum Gasteiger partial charge on any atom is 0.358 e. The van der Waals surface area contributed by atoms with Crippen molar-refractivity contribution in [3.05, 3.63) is 11.2 Å². The van der Waals surface area contributed by atoms with E-state index >= 15 is 0 Å². The van der Waals surface area contributed by atoms with Gasteiger partial charge >= 0.3 is 5.97 Å². The molecular weight excluding hydrogens is 318 g/mol. The third-order valence-corrected chi connectivity index (χ3v) is 5.52.